The van der Waals surface area contributed by atoms with Gasteiger partial charge in [-0.2, -0.15) is 0 Å². The third kappa shape index (κ3) is 3.22. The highest BCUT2D eigenvalue weighted by Gasteiger charge is 2.27. The van der Waals surface area contributed by atoms with Gasteiger partial charge in [0.15, 0.2) is 0 Å². The van der Waals surface area contributed by atoms with E-state index in [1.54, 1.807) is 18.2 Å². The molecule has 0 aliphatic carbocycles. The molecule has 1 fully saturated rings. The Morgan fingerprint density at radius 3 is 3.00 bits per heavy atom. The number of ether oxygens (including phenoxy) is 1. The molecule has 0 spiro atoms. The van der Waals surface area contributed by atoms with Gasteiger partial charge in [-0.05, 0) is 62.9 Å². The van der Waals surface area contributed by atoms with Crippen LogP contribution in [0.5, 0.6) is 5.75 Å². The van der Waals surface area contributed by atoms with E-state index < -0.39 is 10.0 Å². The molecule has 5 nitrogen and oxygen atoms in total. The van der Waals surface area contributed by atoms with E-state index in [9.17, 15) is 8.42 Å². The van der Waals surface area contributed by atoms with Crippen LogP contribution in [0.1, 0.15) is 31.7 Å². The van der Waals surface area contributed by atoms with Crippen molar-refractivity contribution in [3.05, 3.63) is 23.8 Å². The molecule has 2 heterocycles. The largest absolute Gasteiger partial charge is 0.493 e. The highest BCUT2D eigenvalue weighted by molar-refractivity contribution is 7.89. The minimum atomic E-state index is -3.47. The molecule has 3 rings (SSSR count). The van der Waals surface area contributed by atoms with Crippen LogP contribution in [0.25, 0.3) is 0 Å². The van der Waals surface area contributed by atoms with Crippen molar-refractivity contribution in [3.63, 3.8) is 0 Å². The molecule has 0 amide bonds. The first-order chi connectivity index (χ1) is 10.1. The summed E-state index contributed by atoms with van der Waals surface area (Å²) in [5, 5.41) is 3.31. The first-order valence-electron chi connectivity index (χ1n) is 7.58. The average molecular weight is 310 g/mol. The number of benzene rings is 1. The van der Waals surface area contributed by atoms with Gasteiger partial charge >= 0.3 is 0 Å². The topological polar surface area (TPSA) is 67.4 Å². The quantitative estimate of drug-likeness (QED) is 0.886. The minimum Gasteiger partial charge on any atom is -0.493 e. The monoisotopic (exact) mass is 310 g/mol. The number of hydrogen-bond acceptors (Lipinski definition) is 4. The zero-order valence-electron chi connectivity index (χ0n) is 12.3. The van der Waals surface area contributed by atoms with Crippen molar-refractivity contribution >= 4 is 10.0 Å². The standard InChI is InChI=1S/C15H22N2O3S/c1-11-14(5-2-8-16-11)17-21(18,19)13-6-7-15-12(10-13)4-3-9-20-15/h6-7,10-11,14,16-17H,2-5,8-9H2,1H3. The van der Waals surface area contributed by atoms with Gasteiger partial charge in [-0.25, -0.2) is 13.1 Å². The van der Waals surface area contributed by atoms with Gasteiger partial charge in [0, 0.05) is 12.1 Å². The zero-order chi connectivity index (χ0) is 14.9. The van der Waals surface area contributed by atoms with Crippen LogP contribution < -0.4 is 14.8 Å². The molecule has 0 aromatic heterocycles. The van der Waals surface area contributed by atoms with E-state index in [1.165, 1.54) is 0 Å². The molecule has 116 valence electrons. The summed E-state index contributed by atoms with van der Waals surface area (Å²) >= 11 is 0. The molecule has 2 atom stereocenters. The van der Waals surface area contributed by atoms with Gasteiger partial charge in [0.05, 0.1) is 11.5 Å². The Bertz CT molecular complexity index is 615. The van der Waals surface area contributed by atoms with E-state index in [1.807, 2.05) is 6.92 Å². The van der Waals surface area contributed by atoms with Gasteiger partial charge in [-0.15, -0.1) is 0 Å². The lowest BCUT2D eigenvalue weighted by Gasteiger charge is -2.30. The third-order valence-electron chi connectivity index (χ3n) is 4.26. The second-order valence-corrected chi connectivity index (χ2v) is 7.55. The number of piperidine rings is 1. The highest BCUT2D eigenvalue weighted by Crippen LogP contribution is 2.27. The molecule has 2 aliphatic rings. The summed E-state index contributed by atoms with van der Waals surface area (Å²) in [5.74, 6) is 0.813. The fourth-order valence-corrected chi connectivity index (χ4v) is 4.38. The van der Waals surface area contributed by atoms with Gasteiger partial charge in [0.2, 0.25) is 10.0 Å². The Labute approximate surface area is 126 Å². The molecule has 1 aromatic rings. The number of fused-ring (bicyclic) bond motifs is 1. The Morgan fingerprint density at radius 1 is 1.33 bits per heavy atom. The zero-order valence-corrected chi connectivity index (χ0v) is 13.1. The van der Waals surface area contributed by atoms with Crippen LogP contribution in [-0.2, 0) is 16.4 Å². The number of rotatable bonds is 3. The predicted octanol–water partition coefficient (Wildman–Crippen LogP) is 1.43. The van der Waals surface area contributed by atoms with Crippen LogP contribution in [0.3, 0.4) is 0 Å². The molecule has 0 radical (unpaired) electrons. The number of hydrogen-bond donors (Lipinski definition) is 2. The molecule has 21 heavy (non-hydrogen) atoms. The average Bonchev–Trinajstić information content (AvgIpc) is 2.49. The van der Waals surface area contributed by atoms with Crippen LogP contribution >= 0.6 is 0 Å². The summed E-state index contributed by atoms with van der Waals surface area (Å²) in [5.41, 5.74) is 0.985. The Hall–Kier alpha value is -1.11. The summed E-state index contributed by atoms with van der Waals surface area (Å²) in [4.78, 5) is 0.338. The van der Waals surface area contributed by atoms with Crippen LogP contribution in [0.15, 0.2) is 23.1 Å². The number of nitrogens with one attached hydrogen (secondary N) is 2. The van der Waals surface area contributed by atoms with Gasteiger partial charge in [-0.1, -0.05) is 0 Å². The lowest BCUT2D eigenvalue weighted by atomic mass is 10.0. The normalized spacial score (nSPS) is 26.0. The predicted molar refractivity (Wildman–Crippen MR) is 81.1 cm³/mol. The maximum atomic E-state index is 12.6. The smallest absolute Gasteiger partial charge is 0.240 e. The SMILES string of the molecule is CC1NCCCC1NS(=O)(=O)c1ccc2c(c1)CCCO2. The van der Waals surface area contributed by atoms with E-state index >= 15 is 0 Å². The van der Waals surface area contributed by atoms with E-state index in [4.69, 9.17) is 4.74 Å². The molecule has 2 unspecified atom stereocenters. The van der Waals surface area contributed by atoms with Crippen molar-refractivity contribution in [2.24, 2.45) is 0 Å². The highest BCUT2D eigenvalue weighted by atomic mass is 32.2. The fraction of sp³-hybridized carbons (Fsp3) is 0.600. The maximum Gasteiger partial charge on any atom is 0.240 e. The molecular weight excluding hydrogens is 288 g/mol. The summed E-state index contributed by atoms with van der Waals surface area (Å²) in [7, 11) is -3.47. The van der Waals surface area contributed by atoms with Crippen LogP contribution in [-0.4, -0.2) is 33.7 Å². The second kappa shape index (κ2) is 5.94. The third-order valence-corrected chi connectivity index (χ3v) is 5.75. The molecule has 1 aromatic carbocycles. The molecule has 0 saturated carbocycles. The summed E-state index contributed by atoms with van der Waals surface area (Å²) in [6, 6.07) is 5.27. The lowest BCUT2D eigenvalue weighted by Crippen LogP contribution is -2.51. The minimum absolute atomic E-state index is 0.0453. The number of sulfonamides is 1. The maximum absolute atomic E-state index is 12.6. The molecular formula is C15H22N2O3S. The fourth-order valence-electron chi connectivity index (χ4n) is 2.98. The van der Waals surface area contributed by atoms with Crippen LogP contribution in [0, 0.1) is 0 Å². The van der Waals surface area contributed by atoms with Crippen LogP contribution in [0.2, 0.25) is 0 Å². The van der Waals surface area contributed by atoms with Crippen LogP contribution in [0.4, 0.5) is 0 Å². The van der Waals surface area contributed by atoms with Crippen molar-refractivity contribution in [2.45, 2.75) is 49.6 Å². The van der Waals surface area contributed by atoms with E-state index in [0.717, 1.165) is 43.5 Å². The van der Waals surface area contributed by atoms with Gasteiger partial charge < -0.3 is 10.1 Å². The lowest BCUT2D eigenvalue weighted by molar-refractivity contribution is 0.288. The summed E-state index contributed by atoms with van der Waals surface area (Å²) in [6.45, 7) is 3.69. The summed E-state index contributed by atoms with van der Waals surface area (Å²) < 4.78 is 33.5. The van der Waals surface area contributed by atoms with E-state index in [-0.39, 0.29) is 12.1 Å². The van der Waals surface area contributed by atoms with Gasteiger partial charge in [-0.3, -0.25) is 0 Å². The van der Waals surface area contributed by atoms with Crippen molar-refractivity contribution in [2.75, 3.05) is 13.2 Å². The second-order valence-electron chi connectivity index (χ2n) is 5.83. The first-order valence-corrected chi connectivity index (χ1v) is 9.06. The Morgan fingerprint density at radius 2 is 2.19 bits per heavy atom. The number of aryl methyl sites for hydroxylation is 1. The summed E-state index contributed by atoms with van der Waals surface area (Å²) in [6.07, 6.45) is 3.69. The molecule has 6 heteroatoms. The Kier molecular flexibility index (Phi) is 4.19. The van der Waals surface area contributed by atoms with Gasteiger partial charge in [0.25, 0.3) is 0 Å². The van der Waals surface area contributed by atoms with Gasteiger partial charge in [0.1, 0.15) is 5.75 Å². The van der Waals surface area contributed by atoms with E-state index in [2.05, 4.69) is 10.0 Å². The van der Waals surface area contributed by atoms with Crippen molar-refractivity contribution in [1.82, 2.24) is 10.0 Å². The first kappa shape index (κ1) is 14.8. The van der Waals surface area contributed by atoms with Crippen molar-refractivity contribution in [1.29, 1.82) is 0 Å². The molecule has 2 aliphatic heterocycles. The molecule has 2 N–H and O–H groups in total. The van der Waals surface area contributed by atoms with Crippen molar-refractivity contribution < 1.29 is 13.2 Å². The molecule has 1 saturated heterocycles. The van der Waals surface area contributed by atoms with E-state index in [0.29, 0.717) is 11.5 Å². The van der Waals surface area contributed by atoms with Crippen molar-refractivity contribution in [3.8, 4) is 5.75 Å². The molecule has 0 bridgehead atoms. The Balaban J connectivity index is 1.81.